The number of amides is 1. The largest absolute Gasteiger partial charge is 0.342 e. The number of hydrogen-bond donors (Lipinski definition) is 0. The highest BCUT2D eigenvalue weighted by molar-refractivity contribution is 7.16. The van der Waals surface area contributed by atoms with Crippen LogP contribution in [0.25, 0.3) is 43.8 Å². The number of fused-ring (bicyclic) bond motifs is 2. The van der Waals surface area contributed by atoms with E-state index in [-0.39, 0.29) is 23.3 Å². The molecule has 9 heteroatoms. The Bertz CT molecular complexity index is 1710. The maximum atomic E-state index is 13.6. The Morgan fingerprint density at radius 1 is 1.05 bits per heavy atom. The van der Waals surface area contributed by atoms with E-state index in [9.17, 15) is 9.59 Å². The first kappa shape index (κ1) is 22.4. The van der Waals surface area contributed by atoms with Gasteiger partial charge in [0.15, 0.2) is 5.65 Å². The highest BCUT2D eigenvalue weighted by atomic mass is 32.1. The Morgan fingerprint density at radius 3 is 2.65 bits per heavy atom. The van der Waals surface area contributed by atoms with Crippen LogP contribution in [0.5, 0.6) is 0 Å². The minimum absolute atomic E-state index is 0.0851. The van der Waals surface area contributed by atoms with Crippen molar-refractivity contribution in [2.24, 2.45) is 18.9 Å². The van der Waals surface area contributed by atoms with Gasteiger partial charge < -0.3 is 4.90 Å². The summed E-state index contributed by atoms with van der Waals surface area (Å²) in [5, 5.41) is 4.80. The average molecular weight is 511 g/mol. The van der Waals surface area contributed by atoms with Gasteiger partial charge >= 0.3 is 0 Å². The summed E-state index contributed by atoms with van der Waals surface area (Å²) in [4.78, 5) is 37.5. The first-order valence-corrected chi connectivity index (χ1v) is 13.6. The number of carbonyl (C=O) groups is 1. The van der Waals surface area contributed by atoms with Crippen molar-refractivity contribution in [3.63, 3.8) is 0 Å². The third-order valence-electron chi connectivity index (χ3n) is 7.62. The maximum Gasteiger partial charge on any atom is 0.264 e. The van der Waals surface area contributed by atoms with E-state index >= 15 is 0 Å². The summed E-state index contributed by atoms with van der Waals surface area (Å²) in [5.74, 6) is 1.36. The molecular formula is C28H26N6O2S. The summed E-state index contributed by atoms with van der Waals surface area (Å²) in [7, 11) is 1.80. The van der Waals surface area contributed by atoms with Gasteiger partial charge in [0.25, 0.3) is 5.56 Å². The molecule has 1 amide bonds. The number of rotatable bonds is 5. The quantitative estimate of drug-likeness (QED) is 0.351. The minimum Gasteiger partial charge on any atom is -0.342 e. The van der Waals surface area contributed by atoms with Crippen molar-refractivity contribution < 1.29 is 4.79 Å². The summed E-state index contributed by atoms with van der Waals surface area (Å²) in [6.07, 6.45) is 4.52. The molecule has 7 rings (SSSR count). The number of nitrogens with zero attached hydrogens (tertiary/aromatic N) is 6. The van der Waals surface area contributed by atoms with Gasteiger partial charge in [0.2, 0.25) is 5.91 Å². The molecule has 0 unspecified atom stereocenters. The van der Waals surface area contributed by atoms with Crippen molar-refractivity contribution in [1.82, 2.24) is 29.2 Å². The molecule has 8 nitrogen and oxygen atoms in total. The van der Waals surface area contributed by atoms with Crippen molar-refractivity contribution in [2.75, 3.05) is 13.1 Å². The third kappa shape index (κ3) is 3.94. The van der Waals surface area contributed by atoms with E-state index in [4.69, 9.17) is 4.98 Å². The van der Waals surface area contributed by atoms with Crippen molar-refractivity contribution in [3.05, 3.63) is 64.5 Å². The Hall–Kier alpha value is -3.85. The Morgan fingerprint density at radius 2 is 1.84 bits per heavy atom. The van der Waals surface area contributed by atoms with E-state index in [0.717, 1.165) is 48.0 Å². The molecule has 5 aromatic rings. The molecule has 2 aliphatic rings. The Balaban J connectivity index is 1.24. The van der Waals surface area contributed by atoms with Crippen LogP contribution in [0.2, 0.25) is 0 Å². The summed E-state index contributed by atoms with van der Waals surface area (Å²) < 4.78 is 4.60. The molecule has 3 aromatic heterocycles. The van der Waals surface area contributed by atoms with Crippen LogP contribution < -0.4 is 5.56 Å². The molecule has 2 fully saturated rings. The molecule has 2 aromatic carbocycles. The van der Waals surface area contributed by atoms with E-state index in [1.165, 1.54) is 4.70 Å². The summed E-state index contributed by atoms with van der Waals surface area (Å²) in [6.45, 7) is 2.00. The number of hydrogen-bond acceptors (Lipinski definition) is 6. The minimum atomic E-state index is -0.0851. The van der Waals surface area contributed by atoms with Gasteiger partial charge in [0, 0.05) is 38.2 Å². The highest BCUT2D eigenvalue weighted by Crippen LogP contribution is 2.33. The van der Waals surface area contributed by atoms with E-state index in [1.54, 1.807) is 33.8 Å². The van der Waals surface area contributed by atoms with Gasteiger partial charge in [-0.25, -0.2) is 9.97 Å². The van der Waals surface area contributed by atoms with E-state index in [0.29, 0.717) is 29.9 Å². The fourth-order valence-electron chi connectivity index (χ4n) is 5.38. The van der Waals surface area contributed by atoms with Gasteiger partial charge in [-0.15, -0.1) is 11.3 Å². The molecule has 1 aliphatic carbocycles. The Labute approximate surface area is 217 Å². The lowest BCUT2D eigenvalue weighted by Gasteiger charge is -2.18. The first-order chi connectivity index (χ1) is 18.0. The monoisotopic (exact) mass is 510 g/mol. The van der Waals surface area contributed by atoms with Crippen LogP contribution in [0.1, 0.15) is 19.3 Å². The summed E-state index contributed by atoms with van der Waals surface area (Å²) in [6, 6.07) is 14.5. The lowest BCUT2D eigenvalue weighted by atomic mass is 10.0. The second-order valence-corrected chi connectivity index (χ2v) is 11.1. The topological polar surface area (TPSA) is 85.9 Å². The number of aryl methyl sites for hydroxylation is 1. The van der Waals surface area contributed by atoms with Gasteiger partial charge in [-0.3, -0.25) is 18.8 Å². The number of carbonyl (C=O) groups excluding carboxylic acids is 1. The van der Waals surface area contributed by atoms with Gasteiger partial charge in [-0.05, 0) is 48.4 Å². The molecule has 4 heterocycles. The van der Waals surface area contributed by atoms with Crippen molar-refractivity contribution in [3.8, 4) is 22.5 Å². The van der Waals surface area contributed by atoms with Gasteiger partial charge in [0.1, 0.15) is 11.2 Å². The van der Waals surface area contributed by atoms with Crippen LogP contribution in [0.15, 0.2) is 59.0 Å². The van der Waals surface area contributed by atoms with Gasteiger partial charge in [-0.2, -0.15) is 5.10 Å². The predicted molar refractivity (Wildman–Crippen MR) is 144 cm³/mol. The van der Waals surface area contributed by atoms with E-state index in [1.807, 2.05) is 22.5 Å². The number of aromatic nitrogens is 5. The van der Waals surface area contributed by atoms with Crippen molar-refractivity contribution in [2.45, 2.75) is 25.8 Å². The molecule has 1 saturated heterocycles. The summed E-state index contributed by atoms with van der Waals surface area (Å²) >= 11 is 1.63. The molecule has 0 bridgehead atoms. The fraction of sp³-hybridized carbons (Fsp3) is 0.321. The smallest absolute Gasteiger partial charge is 0.264 e. The predicted octanol–water partition coefficient (Wildman–Crippen LogP) is 4.33. The number of likely N-dealkylation sites (tertiary alicyclic amines) is 1. The second-order valence-electron chi connectivity index (χ2n) is 10.2. The molecule has 0 spiro atoms. The van der Waals surface area contributed by atoms with Gasteiger partial charge in [0.05, 0.1) is 21.9 Å². The molecule has 37 heavy (non-hydrogen) atoms. The van der Waals surface area contributed by atoms with Crippen LogP contribution in [-0.2, 0) is 18.4 Å². The molecular weight excluding hydrogens is 484 g/mol. The molecule has 0 radical (unpaired) electrons. The Kier molecular flexibility index (Phi) is 5.21. The zero-order chi connectivity index (χ0) is 25.1. The van der Waals surface area contributed by atoms with Crippen molar-refractivity contribution in [1.29, 1.82) is 0 Å². The zero-order valence-corrected chi connectivity index (χ0v) is 21.3. The van der Waals surface area contributed by atoms with Crippen LogP contribution in [0.3, 0.4) is 0 Å². The van der Waals surface area contributed by atoms with Crippen molar-refractivity contribution >= 4 is 38.5 Å². The van der Waals surface area contributed by atoms with Crippen LogP contribution in [0, 0.1) is 11.8 Å². The molecule has 1 atom stereocenters. The van der Waals surface area contributed by atoms with Crippen LogP contribution in [-0.4, -0.2) is 48.2 Å². The highest BCUT2D eigenvalue weighted by Gasteiger charge is 2.37. The summed E-state index contributed by atoms with van der Waals surface area (Å²) in [5.41, 5.74) is 6.41. The number of thiazole rings is 1. The van der Waals surface area contributed by atoms with E-state index < -0.39 is 0 Å². The fourth-order valence-corrected chi connectivity index (χ4v) is 6.04. The molecule has 0 N–H and O–H groups in total. The second kappa shape index (κ2) is 8.62. The molecule has 186 valence electrons. The lowest BCUT2D eigenvalue weighted by Crippen LogP contribution is -2.32. The SMILES string of the molecule is Cn1ncc2c(=O)n(C[C@@H]3CCN(C(=O)C4CC4)C3)c(-c3ccc(-c4ccc5scnc5c4)cc3)nc21. The van der Waals surface area contributed by atoms with Crippen LogP contribution >= 0.6 is 11.3 Å². The van der Waals surface area contributed by atoms with Crippen LogP contribution in [0.4, 0.5) is 0 Å². The standard InChI is InChI=1S/C28H26N6O2S/c1-32-26-22(13-30-32)28(36)34(15-17-10-11-33(14-17)27(35)20-6-7-20)25(31-26)19-4-2-18(3-5-19)21-8-9-24-23(12-21)29-16-37-24/h2-5,8-9,12-13,16-17,20H,6-7,10-11,14-15H2,1H3/t17-/m1/s1. The maximum absolute atomic E-state index is 13.6. The normalized spacial score (nSPS) is 17.8. The lowest BCUT2D eigenvalue weighted by molar-refractivity contribution is -0.131. The zero-order valence-electron chi connectivity index (χ0n) is 20.5. The van der Waals surface area contributed by atoms with Gasteiger partial charge in [-0.1, -0.05) is 30.3 Å². The third-order valence-corrected chi connectivity index (χ3v) is 8.43. The average Bonchev–Trinajstić information content (AvgIpc) is 3.29. The molecule has 1 saturated carbocycles. The van der Waals surface area contributed by atoms with E-state index in [2.05, 4.69) is 40.4 Å². The molecule has 1 aliphatic heterocycles. The first-order valence-electron chi connectivity index (χ1n) is 12.7. The number of benzene rings is 2.